The zero-order chi connectivity index (χ0) is 26.0. The summed E-state index contributed by atoms with van der Waals surface area (Å²) in [5.74, 6) is -1.02. The quantitative estimate of drug-likeness (QED) is 0.297. The summed E-state index contributed by atoms with van der Waals surface area (Å²) in [6.45, 7) is 1.68. The van der Waals surface area contributed by atoms with Gasteiger partial charge in [-0.05, 0) is 36.2 Å². The lowest BCUT2D eigenvalue weighted by molar-refractivity contribution is 0.584. The molecule has 4 rings (SSSR count). The third-order valence-corrected chi connectivity index (χ3v) is 8.22. The first-order chi connectivity index (χ1) is 17.1. The van der Waals surface area contributed by atoms with Crippen molar-refractivity contribution in [1.29, 1.82) is 0 Å². The molecule has 188 valence electrons. The van der Waals surface area contributed by atoms with Crippen molar-refractivity contribution >= 4 is 61.2 Å². The fourth-order valence-electron chi connectivity index (χ4n) is 3.79. The Balaban J connectivity index is 1.82. The SMILES string of the molecule is CCCS(=O)(=O)N(Cc1ccccc1)c1ccc(Cl)c(Nc2ccc3ncn(C)c(=O)c3c2Cl)c1F. The molecule has 0 spiro atoms. The molecule has 1 N–H and O–H groups in total. The van der Waals surface area contributed by atoms with Crippen molar-refractivity contribution in [1.82, 2.24) is 9.55 Å². The molecule has 4 aromatic rings. The van der Waals surface area contributed by atoms with E-state index in [9.17, 15) is 13.2 Å². The molecule has 0 bridgehead atoms. The summed E-state index contributed by atoms with van der Waals surface area (Å²) in [6.07, 6.45) is 1.75. The van der Waals surface area contributed by atoms with Gasteiger partial charge in [-0.1, -0.05) is 60.5 Å². The summed E-state index contributed by atoms with van der Waals surface area (Å²) in [6, 6.07) is 14.8. The van der Waals surface area contributed by atoms with Crippen molar-refractivity contribution in [3.63, 3.8) is 0 Å². The molecular weight excluding hydrogens is 526 g/mol. The minimum Gasteiger partial charge on any atom is -0.351 e. The molecule has 1 aromatic heterocycles. The molecule has 0 saturated heterocycles. The van der Waals surface area contributed by atoms with Crippen molar-refractivity contribution in [3.05, 3.63) is 92.7 Å². The van der Waals surface area contributed by atoms with Gasteiger partial charge in [0.05, 0.1) is 56.6 Å². The maximum absolute atomic E-state index is 16.0. The summed E-state index contributed by atoms with van der Waals surface area (Å²) in [5, 5.41) is 3.07. The van der Waals surface area contributed by atoms with Crippen molar-refractivity contribution in [2.45, 2.75) is 19.9 Å². The van der Waals surface area contributed by atoms with Crippen LogP contribution in [0.1, 0.15) is 18.9 Å². The van der Waals surface area contributed by atoms with Crippen LogP contribution in [-0.2, 0) is 23.6 Å². The van der Waals surface area contributed by atoms with Gasteiger partial charge in [0.25, 0.3) is 5.56 Å². The molecule has 36 heavy (non-hydrogen) atoms. The van der Waals surface area contributed by atoms with E-state index < -0.39 is 15.8 Å². The molecular formula is C25H23Cl2FN4O3S. The van der Waals surface area contributed by atoms with Gasteiger partial charge in [0, 0.05) is 7.05 Å². The number of hydrogen-bond acceptors (Lipinski definition) is 5. The predicted octanol–water partition coefficient (Wildman–Crippen LogP) is 5.87. The maximum atomic E-state index is 16.0. The van der Waals surface area contributed by atoms with E-state index in [2.05, 4.69) is 10.3 Å². The highest BCUT2D eigenvalue weighted by Gasteiger charge is 2.27. The standard InChI is InChI=1S/C25H23Cl2FN4O3S/c1-3-13-36(34,35)32(14-16-7-5-4-6-8-16)20-12-9-17(26)24(23(20)28)30-19-11-10-18-21(22(19)27)25(33)31(2)15-29-18/h4-12,15,30H,3,13-14H2,1-2H3. The summed E-state index contributed by atoms with van der Waals surface area (Å²) in [4.78, 5) is 16.8. The molecule has 0 aliphatic rings. The number of aromatic nitrogens is 2. The number of rotatable bonds is 8. The van der Waals surface area contributed by atoms with Crippen LogP contribution in [0.2, 0.25) is 10.0 Å². The smallest absolute Gasteiger partial charge is 0.262 e. The lowest BCUT2D eigenvalue weighted by Gasteiger charge is -2.26. The van der Waals surface area contributed by atoms with Gasteiger partial charge in [0.15, 0.2) is 5.82 Å². The molecule has 11 heteroatoms. The Morgan fingerprint density at radius 1 is 1.08 bits per heavy atom. The van der Waals surface area contributed by atoms with Gasteiger partial charge in [-0.15, -0.1) is 0 Å². The fraction of sp³-hybridized carbons (Fsp3) is 0.200. The van der Waals surface area contributed by atoms with Crippen LogP contribution in [0.25, 0.3) is 10.9 Å². The second kappa shape index (κ2) is 10.5. The first kappa shape index (κ1) is 25.9. The predicted molar refractivity (Wildman–Crippen MR) is 143 cm³/mol. The number of nitrogens with zero attached hydrogens (tertiary/aromatic N) is 3. The molecule has 0 saturated carbocycles. The fourth-order valence-corrected chi connectivity index (χ4v) is 5.79. The molecule has 0 unspecified atom stereocenters. The van der Waals surface area contributed by atoms with Crippen LogP contribution in [0, 0.1) is 5.82 Å². The van der Waals surface area contributed by atoms with E-state index in [0.29, 0.717) is 17.5 Å². The summed E-state index contributed by atoms with van der Waals surface area (Å²) in [7, 11) is -2.31. The van der Waals surface area contributed by atoms with Gasteiger partial charge in [-0.3, -0.25) is 9.10 Å². The van der Waals surface area contributed by atoms with E-state index in [1.54, 1.807) is 50.4 Å². The Bertz CT molecular complexity index is 1590. The van der Waals surface area contributed by atoms with Gasteiger partial charge in [-0.2, -0.15) is 0 Å². The normalized spacial score (nSPS) is 11.6. The molecule has 0 aliphatic heterocycles. The molecule has 3 aromatic carbocycles. The number of fused-ring (bicyclic) bond motifs is 1. The summed E-state index contributed by atoms with van der Waals surface area (Å²) < 4.78 is 44.6. The first-order valence-corrected chi connectivity index (χ1v) is 13.4. The first-order valence-electron chi connectivity index (χ1n) is 11.1. The van der Waals surface area contributed by atoms with Crippen LogP contribution in [0.4, 0.5) is 21.5 Å². The highest BCUT2D eigenvalue weighted by molar-refractivity contribution is 7.92. The number of anilines is 3. The molecule has 0 amide bonds. The molecule has 0 aliphatic carbocycles. The van der Waals surface area contributed by atoms with Crippen molar-refractivity contribution in [2.75, 3.05) is 15.4 Å². The van der Waals surface area contributed by atoms with Crippen LogP contribution in [-0.4, -0.2) is 23.7 Å². The summed E-state index contributed by atoms with van der Waals surface area (Å²) in [5.41, 5.74) is 0.608. The van der Waals surface area contributed by atoms with Crippen LogP contribution in [0.3, 0.4) is 0 Å². The molecule has 7 nitrogen and oxygen atoms in total. The minimum atomic E-state index is -3.85. The van der Waals surface area contributed by atoms with Crippen LogP contribution in [0.15, 0.2) is 65.7 Å². The molecule has 0 radical (unpaired) electrons. The van der Waals surface area contributed by atoms with Crippen molar-refractivity contribution in [2.24, 2.45) is 7.05 Å². The Hall–Kier alpha value is -3.14. The average Bonchev–Trinajstić information content (AvgIpc) is 2.84. The molecule has 1 heterocycles. The third kappa shape index (κ3) is 5.04. The second-order valence-corrected chi connectivity index (χ2v) is 11.0. The lowest BCUT2D eigenvalue weighted by atomic mass is 10.2. The zero-order valence-electron chi connectivity index (χ0n) is 19.5. The Labute approximate surface area is 218 Å². The van der Waals surface area contributed by atoms with E-state index >= 15 is 4.39 Å². The number of sulfonamides is 1. The van der Waals surface area contributed by atoms with E-state index in [4.69, 9.17) is 23.2 Å². The number of nitrogens with one attached hydrogen (secondary N) is 1. The monoisotopic (exact) mass is 548 g/mol. The second-order valence-electron chi connectivity index (χ2n) is 8.17. The lowest BCUT2D eigenvalue weighted by Crippen LogP contribution is -2.33. The van der Waals surface area contributed by atoms with E-state index in [-0.39, 0.29) is 50.4 Å². The van der Waals surface area contributed by atoms with E-state index in [1.165, 1.54) is 23.0 Å². The molecule has 0 atom stereocenters. The largest absolute Gasteiger partial charge is 0.351 e. The highest BCUT2D eigenvalue weighted by atomic mass is 35.5. The zero-order valence-corrected chi connectivity index (χ0v) is 21.8. The topological polar surface area (TPSA) is 84.3 Å². The third-order valence-electron chi connectivity index (χ3n) is 5.59. The van der Waals surface area contributed by atoms with Gasteiger partial charge in [-0.25, -0.2) is 17.8 Å². The number of hydrogen-bond donors (Lipinski definition) is 1. The Morgan fingerprint density at radius 3 is 2.50 bits per heavy atom. The minimum absolute atomic E-state index is 0.0130. The highest BCUT2D eigenvalue weighted by Crippen LogP contribution is 2.38. The van der Waals surface area contributed by atoms with Gasteiger partial charge < -0.3 is 9.88 Å². The van der Waals surface area contributed by atoms with Crippen molar-refractivity contribution in [3.8, 4) is 0 Å². The van der Waals surface area contributed by atoms with Crippen molar-refractivity contribution < 1.29 is 12.8 Å². The summed E-state index contributed by atoms with van der Waals surface area (Å²) >= 11 is 12.8. The molecule has 0 fully saturated rings. The van der Waals surface area contributed by atoms with Gasteiger partial charge in [0.1, 0.15) is 0 Å². The van der Waals surface area contributed by atoms with E-state index in [0.717, 1.165) is 4.31 Å². The average molecular weight is 549 g/mol. The van der Waals surface area contributed by atoms with Gasteiger partial charge in [0.2, 0.25) is 10.0 Å². The van der Waals surface area contributed by atoms with Crippen LogP contribution in [0.5, 0.6) is 0 Å². The number of benzene rings is 3. The van der Waals surface area contributed by atoms with Gasteiger partial charge >= 0.3 is 0 Å². The Morgan fingerprint density at radius 2 is 1.81 bits per heavy atom. The van der Waals surface area contributed by atoms with Crippen LogP contribution >= 0.6 is 23.2 Å². The number of halogens is 3. The number of aryl methyl sites for hydroxylation is 1. The van der Waals surface area contributed by atoms with E-state index in [1.807, 2.05) is 6.07 Å². The maximum Gasteiger partial charge on any atom is 0.262 e. The Kier molecular flexibility index (Phi) is 7.54. The van der Waals surface area contributed by atoms with Crippen LogP contribution < -0.4 is 15.2 Å².